The van der Waals surface area contributed by atoms with Crippen LogP contribution in [0.5, 0.6) is 69.0 Å². The average molecular weight is 937 g/mol. The van der Waals surface area contributed by atoms with Gasteiger partial charge in [-0.1, -0.05) is 48.5 Å². The molecule has 2 aliphatic rings. The number of benzene rings is 6. The van der Waals surface area contributed by atoms with E-state index in [1.54, 1.807) is 0 Å². The van der Waals surface area contributed by atoms with E-state index in [2.05, 4.69) is 0 Å². The lowest BCUT2D eigenvalue weighted by molar-refractivity contribution is -0.0389. The molecule has 8 rings (SSSR count). The van der Waals surface area contributed by atoms with E-state index in [1.165, 1.54) is 0 Å². The third kappa shape index (κ3) is 10.0. The second-order valence-electron chi connectivity index (χ2n) is 15.6. The molecule has 0 heterocycles. The summed E-state index contributed by atoms with van der Waals surface area (Å²) in [7, 11) is 0. The van der Waals surface area contributed by atoms with E-state index >= 15 is 0 Å². The molecule has 20 nitrogen and oxygen atoms in total. The van der Waals surface area contributed by atoms with Crippen molar-refractivity contribution in [1.29, 1.82) is 0 Å². The zero-order valence-electron chi connectivity index (χ0n) is 35.0. The number of phenolic OH excluding ortho intramolecular Hbond substituents is 12. The van der Waals surface area contributed by atoms with Crippen molar-refractivity contribution in [2.24, 2.45) is 0 Å². The van der Waals surface area contributed by atoms with E-state index in [0.717, 1.165) is 70.8 Å². The Morgan fingerprint density at radius 3 is 0.632 bits per heavy atom. The van der Waals surface area contributed by atoms with E-state index in [9.17, 15) is 80.5 Å². The number of fused-ring (bicyclic) bond motifs is 2. The molecule has 68 heavy (non-hydrogen) atoms. The van der Waals surface area contributed by atoms with Gasteiger partial charge in [0.25, 0.3) is 0 Å². The summed E-state index contributed by atoms with van der Waals surface area (Å²) in [6.07, 6.45) is -3.03. The van der Waals surface area contributed by atoms with E-state index in [4.69, 9.17) is 18.9 Å². The van der Waals surface area contributed by atoms with Gasteiger partial charge in [-0.3, -0.25) is 0 Å². The largest absolute Gasteiger partial charge is 0.504 e. The number of ether oxygens (including phenoxy) is 4. The molecule has 0 saturated carbocycles. The standard InChI is InChI=1S/2C24H20O10/c2*25-15-5-13(6-16(26)21(15)29)23(31)33-19-9-11-3-1-2-4-12(11)10-20(19)34-24(32)14-7-17(27)22(30)18(28)8-14/h2*1-8,19-20,25-30H,9-10H2/t2*19-,20+. The molecule has 0 saturated heterocycles. The Balaban J connectivity index is 0.000000201. The molecule has 0 aliphatic heterocycles. The minimum Gasteiger partial charge on any atom is -0.504 e. The lowest BCUT2D eigenvalue weighted by atomic mass is 9.87. The maximum atomic E-state index is 12.7. The molecule has 352 valence electrons. The summed E-state index contributed by atoms with van der Waals surface area (Å²) in [6.45, 7) is 0. The molecular weight excluding hydrogens is 897 g/mol. The molecule has 0 spiro atoms. The molecule has 12 N–H and O–H groups in total. The van der Waals surface area contributed by atoms with Crippen LogP contribution in [0.4, 0.5) is 0 Å². The Labute approximate surface area is 383 Å². The Hall–Kier alpha value is -9.20. The van der Waals surface area contributed by atoms with Crippen LogP contribution in [0, 0.1) is 0 Å². The van der Waals surface area contributed by atoms with Crippen molar-refractivity contribution in [2.45, 2.75) is 50.1 Å². The summed E-state index contributed by atoms with van der Waals surface area (Å²) >= 11 is 0. The van der Waals surface area contributed by atoms with E-state index in [0.29, 0.717) is 0 Å². The van der Waals surface area contributed by atoms with Gasteiger partial charge in [0.1, 0.15) is 24.4 Å². The zero-order valence-corrected chi connectivity index (χ0v) is 35.0. The van der Waals surface area contributed by atoms with Gasteiger partial charge >= 0.3 is 23.9 Å². The van der Waals surface area contributed by atoms with Crippen molar-refractivity contribution in [3.05, 3.63) is 142 Å². The average Bonchev–Trinajstić information content (AvgIpc) is 3.30. The number of esters is 4. The normalized spacial score (nSPS) is 16.9. The van der Waals surface area contributed by atoms with Gasteiger partial charge in [-0.05, 0) is 70.8 Å². The fourth-order valence-corrected chi connectivity index (χ4v) is 7.48. The van der Waals surface area contributed by atoms with Crippen molar-refractivity contribution < 1.29 is 99.4 Å². The highest BCUT2D eigenvalue weighted by atomic mass is 16.6. The Bertz CT molecular complexity index is 2470. The molecule has 6 aromatic carbocycles. The quantitative estimate of drug-likeness (QED) is 0.0546. The summed E-state index contributed by atoms with van der Waals surface area (Å²) in [6, 6.07) is 22.0. The highest BCUT2D eigenvalue weighted by Gasteiger charge is 2.37. The van der Waals surface area contributed by atoms with Crippen LogP contribution in [0.15, 0.2) is 97.1 Å². The topological polar surface area (TPSA) is 348 Å². The number of carbonyl (C=O) groups is 4. The predicted octanol–water partition coefficient (Wildman–Crippen LogP) is 4.94. The summed E-state index contributed by atoms with van der Waals surface area (Å²) in [5, 5.41) is 115. The predicted molar refractivity (Wildman–Crippen MR) is 230 cm³/mol. The summed E-state index contributed by atoms with van der Waals surface area (Å²) in [5.74, 6) is -12.6. The Morgan fingerprint density at radius 2 is 0.471 bits per heavy atom. The Morgan fingerprint density at radius 1 is 0.309 bits per heavy atom. The maximum absolute atomic E-state index is 12.7. The van der Waals surface area contributed by atoms with Crippen LogP contribution < -0.4 is 0 Å². The first-order valence-electron chi connectivity index (χ1n) is 20.2. The fourth-order valence-electron chi connectivity index (χ4n) is 7.48. The maximum Gasteiger partial charge on any atom is 0.338 e. The van der Waals surface area contributed by atoms with Crippen LogP contribution in [-0.2, 0) is 44.6 Å². The molecule has 0 radical (unpaired) electrons. The summed E-state index contributed by atoms with van der Waals surface area (Å²) in [5.41, 5.74) is 2.53. The van der Waals surface area contributed by atoms with Gasteiger partial charge in [0.2, 0.25) is 0 Å². The number of hydrogen-bond acceptors (Lipinski definition) is 20. The molecule has 0 fully saturated rings. The molecule has 6 aromatic rings. The van der Waals surface area contributed by atoms with Crippen LogP contribution in [0.25, 0.3) is 0 Å². The van der Waals surface area contributed by atoms with Crippen molar-refractivity contribution in [3.63, 3.8) is 0 Å². The highest BCUT2D eigenvalue weighted by Crippen LogP contribution is 2.40. The number of carbonyl (C=O) groups excluding carboxylic acids is 4. The first-order chi connectivity index (χ1) is 32.3. The third-order valence-corrected chi connectivity index (χ3v) is 11.0. The van der Waals surface area contributed by atoms with E-state index < -0.39 is 117 Å². The SMILES string of the molecule is O=C(O[C@H]1Cc2ccccc2C[C@H]1OC(=O)c1cc(O)c(O)c(O)c1)c1cc(O)c(O)c(O)c1.O=C(O[C@H]1Cc2ccccc2C[C@H]1OC(=O)c1cc(O)c(O)c(O)c1)c1cc(O)c(O)c(O)c1. The van der Waals surface area contributed by atoms with Gasteiger partial charge in [0, 0.05) is 25.7 Å². The van der Waals surface area contributed by atoms with Gasteiger partial charge in [-0.15, -0.1) is 0 Å². The minimum atomic E-state index is -0.955. The van der Waals surface area contributed by atoms with E-state index in [1.807, 2.05) is 48.5 Å². The highest BCUT2D eigenvalue weighted by molar-refractivity contribution is 5.93. The van der Waals surface area contributed by atoms with Gasteiger partial charge in [0.15, 0.2) is 69.0 Å². The van der Waals surface area contributed by atoms with Gasteiger partial charge in [-0.25, -0.2) is 19.2 Å². The van der Waals surface area contributed by atoms with Crippen molar-refractivity contribution in [2.75, 3.05) is 0 Å². The van der Waals surface area contributed by atoms with Crippen LogP contribution in [-0.4, -0.2) is 110 Å². The molecule has 0 aromatic heterocycles. The fraction of sp³-hybridized carbons (Fsp3) is 0.167. The Kier molecular flexibility index (Phi) is 13.1. The van der Waals surface area contributed by atoms with Crippen molar-refractivity contribution in [1.82, 2.24) is 0 Å². The third-order valence-electron chi connectivity index (χ3n) is 11.0. The number of hydrogen-bond donors (Lipinski definition) is 12. The van der Waals surface area contributed by atoms with Crippen LogP contribution >= 0.6 is 0 Å². The van der Waals surface area contributed by atoms with Crippen LogP contribution in [0.3, 0.4) is 0 Å². The molecule has 0 amide bonds. The van der Waals surface area contributed by atoms with Gasteiger partial charge < -0.3 is 80.2 Å². The van der Waals surface area contributed by atoms with Crippen molar-refractivity contribution in [3.8, 4) is 69.0 Å². The van der Waals surface area contributed by atoms with Crippen LogP contribution in [0.2, 0.25) is 0 Å². The van der Waals surface area contributed by atoms with Gasteiger partial charge in [-0.2, -0.15) is 0 Å². The molecule has 20 heteroatoms. The van der Waals surface area contributed by atoms with Gasteiger partial charge in [0.05, 0.1) is 22.3 Å². The molecular formula is C48H40O20. The summed E-state index contributed by atoms with van der Waals surface area (Å²) in [4.78, 5) is 50.8. The first kappa shape index (κ1) is 46.8. The number of phenols is 12. The molecule has 2 aliphatic carbocycles. The zero-order chi connectivity index (χ0) is 49.1. The lowest BCUT2D eigenvalue weighted by Gasteiger charge is -2.32. The second-order valence-corrected chi connectivity index (χ2v) is 15.6. The lowest BCUT2D eigenvalue weighted by Crippen LogP contribution is -2.41. The monoisotopic (exact) mass is 936 g/mol. The number of aromatic hydroxyl groups is 12. The minimum absolute atomic E-state index is 0.196. The van der Waals surface area contributed by atoms with Crippen LogP contribution in [0.1, 0.15) is 63.7 Å². The van der Waals surface area contributed by atoms with Crippen molar-refractivity contribution >= 4 is 23.9 Å². The first-order valence-corrected chi connectivity index (χ1v) is 20.2. The second kappa shape index (κ2) is 19.1. The summed E-state index contributed by atoms with van der Waals surface area (Å²) < 4.78 is 22.2. The molecule has 0 bridgehead atoms. The number of rotatable bonds is 8. The van der Waals surface area contributed by atoms with E-state index in [-0.39, 0.29) is 47.9 Å². The molecule has 0 unspecified atom stereocenters. The molecule has 4 atom stereocenters. The smallest absolute Gasteiger partial charge is 0.338 e.